The quantitative estimate of drug-likeness (QED) is 0.854. The van der Waals surface area contributed by atoms with Crippen LogP contribution >= 0.6 is 0 Å². The van der Waals surface area contributed by atoms with E-state index in [9.17, 15) is 0 Å². The third-order valence-corrected chi connectivity index (χ3v) is 2.33. The Hall–Kier alpha value is -2.03. The standard InChI is InChI=1S/C13H14N2O/c1-2-16-11-5-3-10(4-6-11)12-7-8-15-9-13(12)14/h3-9H,2,14H2,1H3. The lowest BCUT2D eigenvalue weighted by Crippen LogP contribution is -1.92. The second kappa shape index (κ2) is 4.66. The van der Waals surface area contributed by atoms with Gasteiger partial charge >= 0.3 is 0 Å². The number of nitrogens with two attached hydrogens (primary N) is 1. The summed E-state index contributed by atoms with van der Waals surface area (Å²) >= 11 is 0. The van der Waals surface area contributed by atoms with Gasteiger partial charge in [0.2, 0.25) is 0 Å². The first kappa shape index (κ1) is 10.5. The largest absolute Gasteiger partial charge is 0.494 e. The third kappa shape index (κ3) is 2.14. The van der Waals surface area contributed by atoms with Crippen molar-refractivity contribution in [1.29, 1.82) is 0 Å². The van der Waals surface area contributed by atoms with Gasteiger partial charge in [-0.1, -0.05) is 12.1 Å². The van der Waals surface area contributed by atoms with Gasteiger partial charge in [0.15, 0.2) is 0 Å². The normalized spacial score (nSPS) is 10.1. The summed E-state index contributed by atoms with van der Waals surface area (Å²) in [7, 11) is 0. The summed E-state index contributed by atoms with van der Waals surface area (Å²) in [6, 6.07) is 9.79. The molecule has 82 valence electrons. The Morgan fingerprint density at radius 3 is 2.56 bits per heavy atom. The maximum atomic E-state index is 5.86. The average molecular weight is 214 g/mol. The first-order valence-corrected chi connectivity index (χ1v) is 5.24. The Balaban J connectivity index is 2.31. The molecular formula is C13H14N2O. The minimum Gasteiger partial charge on any atom is -0.494 e. The van der Waals surface area contributed by atoms with E-state index in [2.05, 4.69) is 4.98 Å². The van der Waals surface area contributed by atoms with Crippen LogP contribution in [0.2, 0.25) is 0 Å². The summed E-state index contributed by atoms with van der Waals surface area (Å²) in [5.41, 5.74) is 8.61. The van der Waals surface area contributed by atoms with Crippen molar-refractivity contribution in [2.24, 2.45) is 0 Å². The minimum atomic E-state index is 0.677. The predicted octanol–water partition coefficient (Wildman–Crippen LogP) is 2.73. The molecule has 0 bridgehead atoms. The number of rotatable bonds is 3. The molecule has 0 aliphatic rings. The zero-order valence-electron chi connectivity index (χ0n) is 9.18. The second-order valence-electron chi connectivity index (χ2n) is 3.42. The molecule has 0 fully saturated rings. The molecule has 2 aromatic rings. The molecule has 0 amide bonds. The Kier molecular flexibility index (Phi) is 3.05. The molecule has 1 aromatic heterocycles. The van der Waals surface area contributed by atoms with E-state index < -0.39 is 0 Å². The van der Waals surface area contributed by atoms with Gasteiger partial charge in [-0.25, -0.2) is 0 Å². The fourth-order valence-electron chi connectivity index (χ4n) is 1.57. The maximum Gasteiger partial charge on any atom is 0.119 e. The van der Waals surface area contributed by atoms with Crippen molar-refractivity contribution in [3.05, 3.63) is 42.7 Å². The van der Waals surface area contributed by atoms with Crippen molar-refractivity contribution < 1.29 is 4.74 Å². The lowest BCUT2D eigenvalue weighted by molar-refractivity contribution is 0.340. The summed E-state index contributed by atoms with van der Waals surface area (Å²) in [6.45, 7) is 2.64. The predicted molar refractivity (Wildman–Crippen MR) is 65.3 cm³/mol. The van der Waals surface area contributed by atoms with Gasteiger partial charge < -0.3 is 10.5 Å². The number of nitrogens with zero attached hydrogens (tertiary/aromatic N) is 1. The highest BCUT2D eigenvalue weighted by Crippen LogP contribution is 2.26. The third-order valence-electron chi connectivity index (χ3n) is 2.33. The molecule has 16 heavy (non-hydrogen) atoms. The van der Waals surface area contributed by atoms with E-state index in [1.54, 1.807) is 12.4 Å². The van der Waals surface area contributed by atoms with Crippen LogP contribution in [0, 0.1) is 0 Å². The molecule has 1 heterocycles. The number of benzene rings is 1. The molecule has 3 nitrogen and oxygen atoms in total. The molecule has 1 aromatic carbocycles. The Labute approximate surface area is 94.9 Å². The van der Waals surface area contributed by atoms with Crippen LogP contribution in [0.3, 0.4) is 0 Å². The van der Waals surface area contributed by atoms with Crippen LogP contribution in [-0.4, -0.2) is 11.6 Å². The van der Waals surface area contributed by atoms with Crippen molar-refractivity contribution in [2.45, 2.75) is 6.92 Å². The van der Waals surface area contributed by atoms with Gasteiger partial charge in [0, 0.05) is 11.8 Å². The van der Waals surface area contributed by atoms with Crippen molar-refractivity contribution in [1.82, 2.24) is 4.98 Å². The van der Waals surface area contributed by atoms with Crippen molar-refractivity contribution in [3.8, 4) is 16.9 Å². The van der Waals surface area contributed by atoms with Crippen molar-refractivity contribution in [2.75, 3.05) is 12.3 Å². The molecule has 2 N–H and O–H groups in total. The van der Waals surface area contributed by atoms with Crippen LogP contribution in [0.1, 0.15) is 6.92 Å². The summed E-state index contributed by atoms with van der Waals surface area (Å²) in [5.74, 6) is 0.874. The van der Waals surface area contributed by atoms with Crippen LogP contribution in [0.4, 0.5) is 5.69 Å². The Morgan fingerprint density at radius 1 is 1.19 bits per heavy atom. The molecule has 2 rings (SSSR count). The topological polar surface area (TPSA) is 48.1 Å². The molecule has 0 aliphatic carbocycles. The molecule has 3 heteroatoms. The molecule has 0 radical (unpaired) electrons. The van der Waals surface area contributed by atoms with Crippen LogP contribution in [0.5, 0.6) is 5.75 Å². The van der Waals surface area contributed by atoms with Gasteiger partial charge in [0.1, 0.15) is 5.75 Å². The molecule has 0 unspecified atom stereocenters. The van der Waals surface area contributed by atoms with Crippen LogP contribution in [-0.2, 0) is 0 Å². The highest BCUT2D eigenvalue weighted by atomic mass is 16.5. The van der Waals surface area contributed by atoms with E-state index in [0.717, 1.165) is 16.9 Å². The number of ether oxygens (including phenoxy) is 1. The number of anilines is 1. The number of hydrogen-bond acceptors (Lipinski definition) is 3. The van der Waals surface area contributed by atoms with Gasteiger partial charge in [0.25, 0.3) is 0 Å². The summed E-state index contributed by atoms with van der Waals surface area (Å²) in [6.07, 6.45) is 3.40. The molecule has 0 aliphatic heterocycles. The second-order valence-corrected chi connectivity index (χ2v) is 3.42. The van der Waals surface area contributed by atoms with Crippen LogP contribution in [0.15, 0.2) is 42.7 Å². The fraction of sp³-hybridized carbons (Fsp3) is 0.154. The monoisotopic (exact) mass is 214 g/mol. The molecule has 0 saturated carbocycles. The number of pyridine rings is 1. The van der Waals surface area contributed by atoms with Crippen LogP contribution < -0.4 is 10.5 Å². The van der Waals surface area contributed by atoms with Crippen molar-refractivity contribution >= 4 is 5.69 Å². The van der Waals surface area contributed by atoms with E-state index >= 15 is 0 Å². The van der Waals surface area contributed by atoms with E-state index in [0.29, 0.717) is 12.3 Å². The van der Waals surface area contributed by atoms with E-state index in [1.165, 1.54) is 0 Å². The minimum absolute atomic E-state index is 0.677. The zero-order valence-corrected chi connectivity index (χ0v) is 9.18. The first-order chi connectivity index (χ1) is 7.81. The lowest BCUT2D eigenvalue weighted by atomic mass is 10.1. The number of nitrogen functional groups attached to an aromatic ring is 1. The van der Waals surface area contributed by atoms with Crippen molar-refractivity contribution in [3.63, 3.8) is 0 Å². The highest BCUT2D eigenvalue weighted by molar-refractivity contribution is 5.75. The van der Waals surface area contributed by atoms with E-state index in [4.69, 9.17) is 10.5 Å². The molecule has 0 spiro atoms. The lowest BCUT2D eigenvalue weighted by Gasteiger charge is -2.06. The van der Waals surface area contributed by atoms with Crippen LogP contribution in [0.25, 0.3) is 11.1 Å². The van der Waals surface area contributed by atoms with E-state index in [-0.39, 0.29) is 0 Å². The summed E-state index contributed by atoms with van der Waals surface area (Å²) in [4.78, 5) is 3.97. The average Bonchev–Trinajstić information content (AvgIpc) is 2.31. The van der Waals surface area contributed by atoms with E-state index in [1.807, 2.05) is 37.3 Å². The zero-order chi connectivity index (χ0) is 11.4. The Morgan fingerprint density at radius 2 is 1.94 bits per heavy atom. The van der Waals surface area contributed by atoms with Gasteiger partial charge in [-0.05, 0) is 30.7 Å². The Bertz CT molecular complexity index is 466. The molecular weight excluding hydrogens is 200 g/mol. The molecule has 0 saturated heterocycles. The van der Waals surface area contributed by atoms with Gasteiger partial charge in [-0.2, -0.15) is 0 Å². The summed E-state index contributed by atoms with van der Waals surface area (Å²) in [5, 5.41) is 0. The first-order valence-electron chi connectivity index (χ1n) is 5.24. The molecule has 0 atom stereocenters. The number of hydrogen-bond donors (Lipinski definition) is 1. The van der Waals surface area contributed by atoms with Gasteiger partial charge in [-0.3, -0.25) is 4.98 Å². The smallest absolute Gasteiger partial charge is 0.119 e. The number of aromatic nitrogens is 1. The van der Waals surface area contributed by atoms with Gasteiger partial charge in [-0.15, -0.1) is 0 Å². The fourth-order valence-corrected chi connectivity index (χ4v) is 1.57. The van der Waals surface area contributed by atoms with Gasteiger partial charge in [0.05, 0.1) is 18.5 Å². The maximum absolute atomic E-state index is 5.86. The summed E-state index contributed by atoms with van der Waals surface area (Å²) < 4.78 is 5.38. The highest BCUT2D eigenvalue weighted by Gasteiger charge is 2.01. The SMILES string of the molecule is CCOc1ccc(-c2ccncc2N)cc1.